The molecule has 0 unspecified atom stereocenters. The largest absolute Gasteiger partial charge is 0.506 e. The molecular formula is C27H26ClN5O4. The first-order chi connectivity index (χ1) is 17.9. The third-order valence-corrected chi connectivity index (χ3v) is 6.64. The molecular weight excluding hydrogens is 494 g/mol. The average Bonchev–Trinajstić information content (AvgIpc) is 3.32. The molecule has 5 rings (SSSR count). The number of anilines is 2. The van der Waals surface area contributed by atoms with Gasteiger partial charge in [0.2, 0.25) is 0 Å². The number of phenolic OH excluding ortho intramolecular Hbond substituents is 1. The first-order valence-electron chi connectivity index (χ1n) is 11.8. The van der Waals surface area contributed by atoms with Gasteiger partial charge >= 0.3 is 6.03 Å². The highest BCUT2D eigenvalue weighted by atomic mass is 35.5. The number of pyridine rings is 1. The standard InChI is InChI=1S/C27H26ClN5O4/c1-27(10-14-36-15-11-27)24-17-25(33(32-24)19-4-7-23(34)22(28)16-19)31-26(35)30-18-2-5-20(6-3-18)37-21-8-12-29-13-9-21/h2-9,12-13,16-17,34H,10-11,14-15H2,1H3,(H2,30,31,35). The number of halogens is 1. The maximum Gasteiger partial charge on any atom is 0.324 e. The third kappa shape index (κ3) is 5.68. The first kappa shape index (κ1) is 24.6. The van der Waals surface area contributed by atoms with Gasteiger partial charge in [0.25, 0.3) is 0 Å². The van der Waals surface area contributed by atoms with Gasteiger partial charge in [-0.05, 0) is 67.4 Å². The number of hydrogen-bond donors (Lipinski definition) is 3. The zero-order valence-corrected chi connectivity index (χ0v) is 20.9. The first-order valence-corrected chi connectivity index (χ1v) is 12.2. The lowest BCUT2D eigenvalue weighted by Crippen LogP contribution is -2.31. The number of nitrogens with one attached hydrogen (secondary N) is 2. The highest BCUT2D eigenvalue weighted by Gasteiger charge is 2.33. The topological polar surface area (TPSA) is 111 Å². The predicted octanol–water partition coefficient (Wildman–Crippen LogP) is 6.13. The number of benzene rings is 2. The van der Waals surface area contributed by atoms with Crippen molar-refractivity contribution in [2.24, 2.45) is 0 Å². The van der Waals surface area contributed by atoms with Crippen LogP contribution in [0.3, 0.4) is 0 Å². The average molecular weight is 520 g/mol. The molecule has 9 nitrogen and oxygen atoms in total. The minimum absolute atomic E-state index is 0.0298. The molecule has 3 heterocycles. The van der Waals surface area contributed by atoms with Gasteiger partial charge in [0.1, 0.15) is 23.1 Å². The number of carbonyl (C=O) groups excluding carboxylic acids is 1. The number of ether oxygens (including phenoxy) is 2. The summed E-state index contributed by atoms with van der Waals surface area (Å²) in [6.45, 7) is 3.45. The monoisotopic (exact) mass is 519 g/mol. The van der Waals surface area contributed by atoms with Crippen LogP contribution in [0.25, 0.3) is 5.69 Å². The molecule has 4 aromatic rings. The van der Waals surface area contributed by atoms with Crippen LogP contribution in [0.1, 0.15) is 25.5 Å². The van der Waals surface area contributed by atoms with Crippen molar-refractivity contribution in [2.45, 2.75) is 25.2 Å². The predicted molar refractivity (Wildman–Crippen MR) is 141 cm³/mol. The smallest absolute Gasteiger partial charge is 0.324 e. The van der Waals surface area contributed by atoms with Gasteiger partial charge in [-0.15, -0.1) is 0 Å². The van der Waals surface area contributed by atoms with Crippen molar-refractivity contribution in [3.05, 3.63) is 83.8 Å². The normalized spacial score (nSPS) is 14.6. The Balaban J connectivity index is 1.35. The highest BCUT2D eigenvalue weighted by molar-refractivity contribution is 6.32. The number of amides is 2. The summed E-state index contributed by atoms with van der Waals surface area (Å²) in [4.78, 5) is 16.9. The molecule has 1 aliphatic rings. The Bertz CT molecular complexity index is 1390. The van der Waals surface area contributed by atoms with E-state index in [0.29, 0.717) is 41.9 Å². The van der Waals surface area contributed by atoms with E-state index >= 15 is 0 Å². The number of phenols is 1. The Morgan fingerprint density at radius 3 is 2.43 bits per heavy atom. The summed E-state index contributed by atoms with van der Waals surface area (Å²) in [6, 6.07) is 16.8. The zero-order valence-electron chi connectivity index (χ0n) is 20.1. The van der Waals surface area contributed by atoms with Crippen molar-refractivity contribution < 1.29 is 19.4 Å². The van der Waals surface area contributed by atoms with Crippen molar-refractivity contribution in [3.8, 4) is 22.9 Å². The summed E-state index contributed by atoms with van der Waals surface area (Å²) in [5, 5.41) is 20.6. The van der Waals surface area contributed by atoms with E-state index in [-0.39, 0.29) is 16.2 Å². The molecule has 2 aromatic heterocycles. The maximum atomic E-state index is 12.9. The fraction of sp³-hybridized carbons (Fsp3) is 0.222. The second-order valence-electron chi connectivity index (χ2n) is 9.02. The summed E-state index contributed by atoms with van der Waals surface area (Å²) in [5.41, 5.74) is 1.85. The van der Waals surface area contributed by atoms with Gasteiger partial charge in [-0.1, -0.05) is 18.5 Å². The van der Waals surface area contributed by atoms with E-state index in [1.807, 2.05) is 6.07 Å². The Kier molecular flexibility index (Phi) is 6.98. The van der Waals surface area contributed by atoms with Gasteiger partial charge < -0.3 is 19.9 Å². The van der Waals surface area contributed by atoms with Gasteiger partial charge in [0.15, 0.2) is 0 Å². The van der Waals surface area contributed by atoms with Crippen molar-refractivity contribution >= 4 is 29.1 Å². The molecule has 10 heteroatoms. The van der Waals surface area contributed by atoms with Crippen LogP contribution in [0.2, 0.25) is 5.02 Å². The molecule has 1 fully saturated rings. The Labute approximate surface area is 219 Å². The van der Waals surface area contributed by atoms with Crippen LogP contribution >= 0.6 is 11.6 Å². The van der Waals surface area contributed by atoms with Gasteiger partial charge in [-0.3, -0.25) is 10.3 Å². The lowest BCUT2D eigenvalue weighted by Gasteiger charge is -2.31. The molecule has 3 N–H and O–H groups in total. The quantitative estimate of drug-likeness (QED) is 0.282. The number of carbonyl (C=O) groups is 1. The molecule has 0 atom stereocenters. The maximum absolute atomic E-state index is 12.9. The number of hydrogen-bond acceptors (Lipinski definition) is 6. The Hall–Kier alpha value is -4.08. The van der Waals surface area contributed by atoms with Crippen molar-refractivity contribution in [1.82, 2.24) is 14.8 Å². The van der Waals surface area contributed by atoms with E-state index < -0.39 is 6.03 Å². The van der Waals surface area contributed by atoms with Crippen LogP contribution in [0.15, 0.2) is 73.1 Å². The molecule has 0 radical (unpaired) electrons. The minimum atomic E-state index is -0.433. The Morgan fingerprint density at radius 1 is 1.03 bits per heavy atom. The number of rotatable bonds is 6. The van der Waals surface area contributed by atoms with Crippen LogP contribution in [-0.2, 0) is 10.2 Å². The van der Waals surface area contributed by atoms with E-state index in [1.54, 1.807) is 65.6 Å². The molecule has 0 bridgehead atoms. The van der Waals surface area contributed by atoms with E-state index in [9.17, 15) is 9.90 Å². The van der Waals surface area contributed by atoms with Crippen LogP contribution in [-0.4, -0.2) is 39.1 Å². The Morgan fingerprint density at radius 2 is 1.73 bits per heavy atom. The lowest BCUT2D eigenvalue weighted by atomic mass is 9.79. The SMILES string of the molecule is CC1(c2cc(NC(=O)Nc3ccc(Oc4ccncc4)cc3)n(-c3ccc(O)c(Cl)c3)n2)CCOCC1. The number of nitrogens with zero attached hydrogens (tertiary/aromatic N) is 3. The second kappa shape index (κ2) is 10.5. The summed E-state index contributed by atoms with van der Waals surface area (Å²) in [7, 11) is 0. The fourth-order valence-electron chi connectivity index (χ4n) is 4.09. The van der Waals surface area contributed by atoms with E-state index in [0.717, 1.165) is 18.5 Å². The van der Waals surface area contributed by atoms with Crippen LogP contribution < -0.4 is 15.4 Å². The molecule has 0 saturated carbocycles. The molecule has 2 amide bonds. The van der Waals surface area contributed by atoms with E-state index in [2.05, 4.69) is 22.5 Å². The lowest BCUT2D eigenvalue weighted by molar-refractivity contribution is 0.0549. The molecule has 190 valence electrons. The summed E-state index contributed by atoms with van der Waals surface area (Å²) >= 11 is 6.16. The van der Waals surface area contributed by atoms with Crippen LogP contribution in [0.5, 0.6) is 17.2 Å². The fourth-order valence-corrected chi connectivity index (χ4v) is 4.27. The van der Waals surface area contributed by atoms with Crippen molar-refractivity contribution in [2.75, 3.05) is 23.8 Å². The molecule has 1 saturated heterocycles. The summed E-state index contributed by atoms with van der Waals surface area (Å²) in [6.07, 6.45) is 4.94. The minimum Gasteiger partial charge on any atom is -0.506 e. The number of urea groups is 1. The molecule has 2 aromatic carbocycles. The van der Waals surface area contributed by atoms with Gasteiger partial charge in [-0.2, -0.15) is 5.10 Å². The van der Waals surface area contributed by atoms with Crippen molar-refractivity contribution in [1.29, 1.82) is 0 Å². The zero-order chi connectivity index (χ0) is 25.8. The molecule has 0 aliphatic carbocycles. The number of aromatic nitrogens is 3. The van der Waals surface area contributed by atoms with Crippen molar-refractivity contribution in [3.63, 3.8) is 0 Å². The second-order valence-corrected chi connectivity index (χ2v) is 9.43. The van der Waals surface area contributed by atoms with Gasteiger partial charge in [0.05, 0.1) is 16.4 Å². The highest BCUT2D eigenvalue weighted by Crippen LogP contribution is 2.36. The summed E-state index contributed by atoms with van der Waals surface area (Å²) < 4.78 is 12.9. The van der Waals surface area contributed by atoms with E-state index in [1.165, 1.54) is 6.07 Å². The van der Waals surface area contributed by atoms with Gasteiger partial charge in [-0.25, -0.2) is 9.48 Å². The van der Waals surface area contributed by atoms with Crippen LogP contribution in [0, 0.1) is 0 Å². The van der Waals surface area contributed by atoms with E-state index in [4.69, 9.17) is 26.2 Å². The summed E-state index contributed by atoms with van der Waals surface area (Å²) in [5.74, 6) is 1.75. The number of aromatic hydroxyl groups is 1. The third-order valence-electron chi connectivity index (χ3n) is 6.34. The molecule has 0 spiro atoms. The van der Waals surface area contributed by atoms with Crippen LogP contribution in [0.4, 0.5) is 16.3 Å². The van der Waals surface area contributed by atoms with Gasteiger partial charge in [0, 0.05) is 42.8 Å². The molecule has 1 aliphatic heterocycles. The molecule has 37 heavy (non-hydrogen) atoms.